The van der Waals surface area contributed by atoms with Crippen LogP contribution in [0.25, 0.3) is 0 Å². The zero-order chi connectivity index (χ0) is 10.1. The Balaban J connectivity index is 2.33. The maximum Gasteiger partial charge on any atom is 0.276 e. The van der Waals surface area contributed by atoms with Crippen molar-refractivity contribution in [1.82, 2.24) is 9.97 Å². The summed E-state index contributed by atoms with van der Waals surface area (Å²) in [7, 11) is 0. The molecule has 2 heterocycles. The molecule has 0 radical (unpaired) electrons. The normalized spacial score (nSPS) is 21.5. The van der Waals surface area contributed by atoms with E-state index in [2.05, 4.69) is 21.8 Å². The van der Waals surface area contributed by atoms with Gasteiger partial charge in [0.1, 0.15) is 5.69 Å². The summed E-state index contributed by atoms with van der Waals surface area (Å²) in [6, 6.07) is 0. The Morgan fingerprint density at radius 3 is 3.14 bits per heavy atom. The van der Waals surface area contributed by atoms with E-state index in [1.54, 1.807) is 0 Å². The maximum atomic E-state index is 11.2. The van der Waals surface area contributed by atoms with Crippen LogP contribution in [0, 0.1) is 5.92 Å². The van der Waals surface area contributed by atoms with Gasteiger partial charge in [-0.15, -0.1) is 0 Å². The molecule has 1 atom stereocenters. The maximum absolute atomic E-state index is 11.2. The van der Waals surface area contributed by atoms with Crippen molar-refractivity contribution in [3.05, 3.63) is 16.7 Å². The minimum atomic E-state index is -0.255. The Hall–Kier alpha value is -1.52. The molecule has 5 nitrogen and oxygen atoms in total. The lowest BCUT2D eigenvalue weighted by atomic mass is 10.2. The van der Waals surface area contributed by atoms with E-state index in [1.165, 1.54) is 6.33 Å². The van der Waals surface area contributed by atoms with E-state index in [9.17, 15) is 4.79 Å². The predicted molar refractivity (Wildman–Crippen MR) is 55.3 cm³/mol. The van der Waals surface area contributed by atoms with Crippen molar-refractivity contribution in [2.45, 2.75) is 13.3 Å². The van der Waals surface area contributed by atoms with Crippen LogP contribution in [0.15, 0.2) is 11.1 Å². The fourth-order valence-corrected chi connectivity index (χ4v) is 1.78. The van der Waals surface area contributed by atoms with Crippen LogP contribution in [-0.4, -0.2) is 23.1 Å². The molecule has 0 spiro atoms. The Kier molecular flexibility index (Phi) is 2.15. The molecule has 2 rings (SSSR count). The number of H-pyrrole nitrogens is 1. The molecule has 0 bridgehead atoms. The van der Waals surface area contributed by atoms with Gasteiger partial charge >= 0.3 is 0 Å². The van der Waals surface area contributed by atoms with Gasteiger partial charge in [-0.3, -0.25) is 4.79 Å². The molecular formula is C9H14N4O. The van der Waals surface area contributed by atoms with Crippen molar-refractivity contribution in [1.29, 1.82) is 0 Å². The van der Waals surface area contributed by atoms with Crippen molar-refractivity contribution in [2.75, 3.05) is 23.7 Å². The van der Waals surface area contributed by atoms with Crippen molar-refractivity contribution >= 4 is 11.5 Å². The van der Waals surface area contributed by atoms with Crippen LogP contribution in [0.3, 0.4) is 0 Å². The summed E-state index contributed by atoms with van der Waals surface area (Å²) in [5.41, 5.74) is 5.63. The zero-order valence-electron chi connectivity index (χ0n) is 8.16. The fourth-order valence-electron chi connectivity index (χ4n) is 1.78. The topological polar surface area (TPSA) is 75.0 Å². The van der Waals surface area contributed by atoms with Crippen LogP contribution in [0.5, 0.6) is 0 Å². The number of nitrogens with two attached hydrogens (primary N) is 1. The Morgan fingerprint density at radius 2 is 2.50 bits per heavy atom. The minimum absolute atomic E-state index is 0.224. The highest BCUT2D eigenvalue weighted by Crippen LogP contribution is 2.23. The van der Waals surface area contributed by atoms with Crippen LogP contribution >= 0.6 is 0 Å². The van der Waals surface area contributed by atoms with Crippen molar-refractivity contribution in [2.24, 2.45) is 5.92 Å². The standard InChI is InChI=1S/C9H14N4O/c1-6-2-3-13(4-6)8-7(10)9(14)12-5-11-8/h5-6H,2-4,10H2,1H3,(H,11,12,14). The Morgan fingerprint density at radius 1 is 1.71 bits per heavy atom. The summed E-state index contributed by atoms with van der Waals surface area (Å²) in [6.45, 7) is 4.05. The van der Waals surface area contributed by atoms with Crippen LogP contribution in [0.4, 0.5) is 11.5 Å². The van der Waals surface area contributed by atoms with Gasteiger partial charge in [0.25, 0.3) is 5.56 Å². The first kappa shape index (κ1) is 9.05. The van der Waals surface area contributed by atoms with Crippen LogP contribution in [0.2, 0.25) is 0 Å². The first-order chi connectivity index (χ1) is 6.68. The molecule has 0 amide bonds. The molecule has 1 aromatic rings. The highest BCUT2D eigenvalue weighted by atomic mass is 16.1. The molecule has 3 N–H and O–H groups in total. The SMILES string of the molecule is CC1CCN(c2nc[nH]c(=O)c2N)C1. The minimum Gasteiger partial charge on any atom is -0.391 e. The van der Waals surface area contributed by atoms with E-state index in [0.717, 1.165) is 19.5 Å². The molecule has 0 aromatic carbocycles. The van der Waals surface area contributed by atoms with Gasteiger partial charge in [-0.1, -0.05) is 6.92 Å². The quantitative estimate of drug-likeness (QED) is 0.669. The average Bonchev–Trinajstić information content (AvgIpc) is 2.57. The van der Waals surface area contributed by atoms with Crippen molar-refractivity contribution in [3.8, 4) is 0 Å². The van der Waals surface area contributed by atoms with Gasteiger partial charge in [0.2, 0.25) is 0 Å². The number of nitrogens with one attached hydrogen (secondary N) is 1. The molecule has 0 aliphatic carbocycles. The van der Waals surface area contributed by atoms with Crippen LogP contribution in [0.1, 0.15) is 13.3 Å². The monoisotopic (exact) mass is 194 g/mol. The third kappa shape index (κ3) is 1.45. The van der Waals surface area contributed by atoms with E-state index in [1.807, 2.05) is 0 Å². The molecule has 5 heteroatoms. The summed E-state index contributed by atoms with van der Waals surface area (Å²) in [5, 5.41) is 0. The third-order valence-corrected chi connectivity index (χ3v) is 2.59. The zero-order valence-corrected chi connectivity index (χ0v) is 8.16. The highest BCUT2D eigenvalue weighted by molar-refractivity contribution is 5.61. The first-order valence-corrected chi connectivity index (χ1v) is 4.76. The van der Waals surface area contributed by atoms with Crippen molar-refractivity contribution < 1.29 is 0 Å². The molecule has 1 aliphatic heterocycles. The molecule has 14 heavy (non-hydrogen) atoms. The lowest BCUT2D eigenvalue weighted by molar-refractivity contribution is 0.659. The van der Waals surface area contributed by atoms with Gasteiger partial charge in [0, 0.05) is 13.1 Å². The number of aromatic amines is 1. The van der Waals surface area contributed by atoms with E-state index in [0.29, 0.717) is 11.7 Å². The van der Waals surface area contributed by atoms with E-state index >= 15 is 0 Å². The molecule has 1 fully saturated rings. The molecular weight excluding hydrogens is 180 g/mol. The first-order valence-electron chi connectivity index (χ1n) is 4.76. The Labute approximate surface area is 82.0 Å². The number of anilines is 2. The second kappa shape index (κ2) is 3.32. The van der Waals surface area contributed by atoms with E-state index in [4.69, 9.17) is 5.73 Å². The second-order valence-electron chi connectivity index (χ2n) is 3.81. The Bertz CT molecular complexity index is 387. The smallest absolute Gasteiger partial charge is 0.276 e. The lowest BCUT2D eigenvalue weighted by Gasteiger charge is -2.17. The van der Waals surface area contributed by atoms with Crippen molar-refractivity contribution in [3.63, 3.8) is 0 Å². The van der Waals surface area contributed by atoms with E-state index in [-0.39, 0.29) is 11.2 Å². The number of aromatic nitrogens is 2. The molecule has 76 valence electrons. The summed E-state index contributed by atoms with van der Waals surface area (Å²) in [5.74, 6) is 1.27. The summed E-state index contributed by atoms with van der Waals surface area (Å²) < 4.78 is 0. The van der Waals surface area contributed by atoms with Gasteiger partial charge in [-0.25, -0.2) is 4.98 Å². The molecule has 1 unspecified atom stereocenters. The molecule has 0 saturated carbocycles. The molecule has 1 aromatic heterocycles. The number of hydrogen-bond acceptors (Lipinski definition) is 4. The summed E-state index contributed by atoms with van der Waals surface area (Å²) in [6.07, 6.45) is 2.53. The van der Waals surface area contributed by atoms with Crippen LogP contribution in [-0.2, 0) is 0 Å². The van der Waals surface area contributed by atoms with Gasteiger partial charge < -0.3 is 15.6 Å². The molecule has 1 aliphatic rings. The molecule has 1 saturated heterocycles. The fraction of sp³-hybridized carbons (Fsp3) is 0.556. The summed E-state index contributed by atoms with van der Waals surface area (Å²) >= 11 is 0. The van der Waals surface area contributed by atoms with Gasteiger partial charge in [-0.05, 0) is 12.3 Å². The lowest BCUT2D eigenvalue weighted by Crippen LogP contribution is -2.25. The van der Waals surface area contributed by atoms with Gasteiger partial charge in [0.15, 0.2) is 5.82 Å². The number of nitrogens with zero attached hydrogens (tertiary/aromatic N) is 2. The summed E-state index contributed by atoms with van der Waals surface area (Å²) in [4.78, 5) is 19.9. The number of rotatable bonds is 1. The second-order valence-corrected chi connectivity index (χ2v) is 3.81. The average molecular weight is 194 g/mol. The highest BCUT2D eigenvalue weighted by Gasteiger charge is 2.22. The van der Waals surface area contributed by atoms with E-state index < -0.39 is 0 Å². The largest absolute Gasteiger partial charge is 0.391 e. The predicted octanol–water partition coefficient (Wildman–Crippen LogP) is 0.198. The van der Waals surface area contributed by atoms with Gasteiger partial charge in [-0.2, -0.15) is 0 Å². The van der Waals surface area contributed by atoms with Gasteiger partial charge in [0.05, 0.1) is 6.33 Å². The third-order valence-electron chi connectivity index (χ3n) is 2.59. The van der Waals surface area contributed by atoms with Crippen LogP contribution < -0.4 is 16.2 Å². The number of hydrogen-bond donors (Lipinski definition) is 2. The number of nitrogen functional groups attached to an aromatic ring is 1.